The number of benzene rings is 3. The van der Waals surface area contributed by atoms with Crippen LogP contribution in [-0.4, -0.2) is 33.5 Å². The molecule has 0 radical (unpaired) electrons. The molecule has 10 heteroatoms. The average Bonchev–Trinajstić information content (AvgIpc) is 3.12. The van der Waals surface area contributed by atoms with Gasteiger partial charge in [-0.3, -0.25) is 4.79 Å². The Hall–Kier alpha value is -4.86. The van der Waals surface area contributed by atoms with Gasteiger partial charge < -0.3 is 10.2 Å². The molecule has 0 aliphatic carbocycles. The van der Waals surface area contributed by atoms with E-state index in [0.29, 0.717) is 16.4 Å². The fraction of sp³-hybridized carbons (Fsp3) is 0.120. The first-order valence-electron chi connectivity index (χ1n) is 10.6. The number of aromatic carboxylic acids is 1. The zero-order valence-corrected chi connectivity index (χ0v) is 19.1. The Balaban J connectivity index is 1.71. The number of nitrogens with zero attached hydrogens (tertiary/aromatic N) is 5. The minimum absolute atomic E-state index is 0.0349. The molecule has 1 aliphatic heterocycles. The van der Waals surface area contributed by atoms with Crippen LogP contribution in [0.2, 0.25) is 0 Å². The molecule has 0 saturated heterocycles. The highest BCUT2D eigenvalue weighted by Gasteiger charge is 2.32. The normalized spacial score (nSPS) is 14.3. The minimum Gasteiger partial charge on any atom is -0.505 e. The van der Waals surface area contributed by atoms with E-state index in [9.17, 15) is 24.7 Å². The summed E-state index contributed by atoms with van der Waals surface area (Å²) in [5.41, 5.74) is 3.39. The van der Waals surface area contributed by atoms with Crippen molar-refractivity contribution < 1.29 is 19.8 Å². The molecule has 4 rings (SSSR count). The van der Waals surface area contributed by atoms with Crippen LogP contribution in [-0.2, 0) is 4.79 Å². The van der Waals surface area contributed by atoms with Gasteiger partial charge >= 0.3 is 11.9 Å². The van der Waals surface area contributed by atoms with Gasteiger partial charge in [0.25, 0.3) is 0 Å². The number of hydrogen-bond acceptors (Lipinski definition) is 7. The lowest BCUT2D eigenvalue weighted by Gasteiger charge is -2.15. The highest BCUT2D eigenvalue weighted by Crippen LogP contribution is 2.38. The second-order valence-corrected chi connectivity index (χ2v) is 7.95. The van der Waals surface area contributed by atoms with Gasteiger partial charge in [0.2, 0.25) is 0 Å². The third-order valence-corrected chi connectivity index (χ3v) is 5.65. The Morgan fingerprint density at radius 2 is 1.74 bits per heavy atom. The fourth-order valence-corrected chi connectivity index (χ4v) is 3.60. The fourth-order valence-electron chi connectivity index (χ4n) is 3.60. The second kappa shape index (κ2) is 9.18. The number of carboxylic acid groups (broad SMARTS) is 1. The number of hydrazone groups is 2. The van der Waals surface area contributed by atoms with E-state index in [1.165, 1.54) is 23.2 Å². The summed E-state index contributed by atoms with van der Waals surface area (Å²) < 4.78 is 0. The number of nitroso groups, excluding NO2 is 1. The first kappa shape index (κ1) is 23.3. The van der Waals surface area contributed by atoms with E-state index in [1.54, 1.807) is 37.3 Å². The van der Waals surface area contributed by atoms with Crippen molar-refractivity contribution in [3.05, 3.63) is 82.3 Å². The maximum atomic E-state index is 13.1. The zero-order chi connectivity index (χ0) is 25.3. The molecular weight excluding hydrogens is 450 g/mol. The third-order valence-electron chi connectivity index (χ3n) is 5.65. The third kappa shape index (κ3) is 4.36. The number of carboxylic acids is 1. The second-order valence-electron chi connectivity index (χ2n) is 7.95. The molecular formula is C25H21N5O5. The Morgan fingerprint density at radius 1 is 1.00 bits per heavy atom. The number of anilines is 2. The smallest absolute Gasteiger partial charge is 0.335 e. The number of hydrogen-bond donors (Lipinski definition) is 2. The van der Waals surface area contributed by atoms with Crippen LogP contribution in [0.1, 0.15) is 28.4 Å². The Kier molecular flexibility index (Phi) is 6.11. The number of phenolic OH excluding ortho intramolecular Hbond substituents is 1. The van der Waals surface area contributed by atoms with Gasteiger partial charge in [-0.15, -0.1) is 15.1 Å². The molecule has 0 atom stereocenters. The summed E-state index contributed by atoms with van der Waals surface area (Å²) in [6.07, 6.45) is 0. The average molecular weight is 471 g/mol. The number of rotatable bonds is 6. The van der Waals surface area contributed by atoms with Crippen molar-refractivity contribution in [2.75, 3.05) is 10.1 Å². The lowest BCUT2D eigenvalue weighted by molar-refractivity contribution is -0.112. The molecule has 35 heavy (non-hydrogen) atoms. The van der Waals surface area contributed by atoms with Crippen LogP contribution in [0.25, 0.3) is 11.1 Å². The number of aryl methyl sites for hydroxylation is 2. The van der Waals surface area contributed by atoms with E-state index in [1.807, 2.05) is 26.0 Å². The molecule has 1 aliphatic rings. The van der Waals surface area contributed by atoms with Crippen molar-refractivity contribution in [3.63, 3.8) is 0 Å². The minimum atomic E-state index is -1.12. The maximum Gasteiger partial charge on any atom is 0.335 e. The predicted octanol–water partition coefficient (Wildman–Crippen LogP) is 4.64. The summed E-state index contributed by atoms with van der Waals surface area (Å²) in [5.74, 6) is -2.03. The van der Waals surface area contributed by atoms with Gasteiger partial charge in [0.05, 0.1) is 22.2 Å². The van der Waals surface area contributed by atoms with Crippen LogP contribution in [0, 0.1) is 18.8 Å². The number of carbonyl (C=O) groups is 2. The van der Waals surface area contributed by atoms with Crippen LogP contribution < -0.4 is 10.1 Å². The molecule has 0 fully saturated rings. The Labute approximate surface area is 200 Å². The topological polar surface area (TPSA) is 135 Å². The van der Waals surface area contributed by atoms with E-state index in [-0.39, 0.29) is 34.0 Å². The maximum absolute atomic E-state index is 13.1. The lowest BCUT2D eigenvalue weighted by Crippen LogP contribution is -2.29. The van der Waals surface area contributed by atoms with Crippen LogP contribution >= 0.6 is 0 Å². The monoisotopic (exact) mass is 471 g/mol. The van der Waals surface area contributed by atoms with Crippen molar-refractivity contribution in [1.82, 2.24) is 0 Å². The quantitative estimate of drug-likeness (QED) is 0.397. The van der Waals surface area contributed by atoms with Gasteiger partial charge in [-0.25, -0.2) is 4.79 Å². The first-order valence-corrected chi connectivity index (χ1v) is 10.6. The van der Waals surface area contributed by atoms with Crippen LogP contribution in [0.5, 0.6) is 5.75 Å². The molecule has 1 heterocycles. The highest BCUT2D eigenvalue weighted by atomic mass is 16.4. The summed E-state index contributed by atoms with van der Waals surface area (Å²) in [6.45, 7) is 5.46. The van der Waals surface area contributed by atoms with E-state index in [0.717, 1.165) is 11.1 Å². The molecule has 10 nitrogen and oxygen atoms in total. The summed E-state index contributed by atoms with van der Waals surface area (Å²) >= 11 is 0. The van der Waals surface area contributed by atoms with Crippen molar-refractivity contribution in [2.24, 2.45) is 15.5 Å². The van der Waals surface area contributed by atoms with Crippen molar-refractivity contribution in [1.29, 1.82) is 0 Å². The Morgan fingerprint density at radius 3 is 2.43 bits per heavy atom. The molecule has 176 valence electrons. The van der Waals surface area contributed by atoms with Crippen molar-refractivity contribution >= 4 is 34.7 Å². The highest BCUT2D eigenvalue weighted by molar-refractivity contribution is 6.71. The van der Waals surface area contributed by atoms with Gasteiger partial charge in [0, 0.05) is 5.56 Å². The molecule has 3 aromatic rings. The molecule has 2 N–H and O–H groups in total. The van der Waals surface area contributed by atoms with Gasteiger partial charge in [0.1, 0.15) is 5.69 Å². The number of para-hydroxylation sites is 1. The van der Waals surface area contributed by atoms with Gasteiger partial charge in [-0.05, 0) is 67.8 Å². The lowest BCUT2D eigenvalue weighted by atomic mass is 10.0. The van der Waals surface area contributed by atoms with Gasteiger partial charge in [-0.1, -0.05) is 30.3 Å². The predicted molar refractivity (Wildman–Crippen MR) is 133 cm³/mol. The first-order chi connectivity index (χ1) is 16.7. The summed E-state index contributed by atoms with van der Waals surface area (Å²) in [4.78, 5) is 36.1. The molecule has 0 saturated carbocycles. The SMILES string of the molecule is CC1=NN(c2ccc(C)c(C)c2)C(=O)/C1=N\N(N=O)c1cccc(-c2cccc(C(=O)O)c2)c1O. The number of carbonyl (C=O) groups excluding carboxylic acids is 1. The van der Waals surface area contributed by atoms with Gasteiger partial charge in [-0.2, -0.15) is 10.1 Å². The molecule has 0 bridgehead atoms. The molecule has 3 aromatic carbocycles. The number of aromatic hydroxyl groups is 1. The van der Waals surface area contributed by atoms with Crippen LogP contribution in [0.15, 0.2) is 76.2 Å². The molecule has 0 unspecified atom stereocenters. The Bertz CT molecular complexity index is 1430. The summed E-state index contributed by atoms with van der Waals surface area (Å²) in [5, 5.41) is 33.2. The zero-order valence-electron chi connectivity index (χ0n) is 19.1. The van der Waals surface area contributed by atoms with E-state index >= 15 is 0 Å². The van der Waals surface area contributed by atoms with Crippen molar-refractivity contribution in [2.45, 2.75) is 20.8 Å². The van der Waals surface area contributed by atoms with Crippen molar-refractivity contribution in [3.8, 4) is 16.9 Å². The largest absolute Gasteiger partial charge is 0.505 e. The number of amides is 1. The molecule has 0 spiro atoms. The summed E-state index contributed by atoms with van der Waals surface area (Å²) in [6, 6.07) is 15.9. The number of phenols is 1. The van der Waals surface area contributed by atoms with Crippen LogP contribution in [0.4, 0.5) is 11.4 Å². The summed E-state index contributed by atoms with van der Waals surface area (Å²) in [7, 11) is 0. The van der Waals surface area contributed by atoms with Crippen LogP contribution in [0.3, 0.4) is 0 Å². The standard InChI is InChI=1S/C25H21N5O5/c1-14-10-11-19(12-15(14)2)29-24(32)22(16(3)26-29)27-30(28-35)21-9-5-8-20(23(21)31)17-6-4-7-18(13-17)25(33)34/h4-13,31H,1-3H3,(H,33,34)/b27-22-. The van der Waals surface area contributed by atoms with E-state index < -0.39 is 11.9 Å². The van der Waals surface area contributed by atoms with Gasteiger partial charge in [0.15, 0.2) is 11.5 Å². The van der Waals surface area contributed by atoms with E-state index in [2.05, 4.69) is 15.5 Å². The molecule has 0 aromatic heterocycles. The van der Waals surface area contributed by atoms with E-state index in [4.69, 9.17) is 0 Å². The molecule has 1 amide bonds.